The van der Waals surface area contributed by atoms with Gasteiger partial charge in [0.25, 0.3) is 0 Å². The molecule has 0 heterocycles. The highest BCUT2D eigenvalue weighted by atomic mass is 79.9. The van der Waals surface area contributed by atoms with Crippen LogP contribution in [0.4, 0.5) is 0 Å². The van der Waals surface area contributed by atoms with Crippen LogP contribution in [-0.4, -0.2) is 24.5 Å². The van der Waals surface area contributed by atoms with Gasteiger partial charge in [-0.3, -0.25) is 4.79 Å². The van der Waals surface area contributed by atoms with Crippen molar-refractivity contribution in [3.8, 4) is 0 Å². The first kappa shape index (κ1) is 17.2. The standard InChI is InChI=1S/C16H25BrN2O/c1-11(2)10-18-16(20)13(4)19-12(3)9-14-5-7-15(17)8-6-14/h5-8,11-13,19H,9-10H2,1-4H3,(H,18,20). The summed E-state index contributed by atoms with van der Waals surface area (Å²) in [5.74, 6) is 0.549. The summed E-state index contributed by atoms with van der Waals surface area (Å²) in [6.45, 7) is 8.93. The number of hydrogen-bond donors (Lipinski definition) is 2. The van der Waals surface area contributed by atoms with E-state index in [0.29, 0.717) is 5.92 Å². The van der Waals surface area contributed by atoms with E-state index in [0.717, 1.165) is 17.4 Å². The highest BCUT2D eigenvalue weighted by Crippen LogP contribution is 2.12. The predicted molar refractivity (Wildman–Crippen MR) is 87.8 cm³/mol. The fourth-order valence-corrected chi connectivity index (χ4v) is 2.26. The minimum absolute atomic E-state index is 0.0707. The van der Waals surface area contributed by atoms with E-state index >= 15 is 0 Å². The first-order chi connectivity index (χ1) is 9.38. The van der Waals surface area contributed by atoms with Crippen molar-refractivity contribution in [1.29, 1.82) is 0 Å². The maximum atomic E-state index is 11.9. The average Bonchev–Trinajstić information content (AvgIpc) is 2.38. The predicted octanol–water partition coefficient (Wildman–Crippen LogP) is 3.13. The largest absolute Gasteiger partial charge is 0.354 e. The first-order valence-corrected chi connectivity index (χ1v) is 7.96. The van der Waals surface area contributed by atoms with E-state index < -0.39 is 0 Å². The summed E-state index contributed by atoms with van der Waals surface area (Å²) in [5.41, 5.74) is 1.27. The number of hydrogen-bond acceptors (Lipinski definition) is 2. The number of rotatable bonds is 7. The number of nitrogens with one attached hydrogen (secondary N) is 2. The van der Waals surface area contributed by atoms with Gasteiger partial charge in [0.05, 0.1) is 6.04 Å². The molecule has 4 heteroatoms. The third-order valence-corrected chi connectivity index (χ3v) is 3.60. The molecule has 0 aromatic heterocycles. The Kier molecular flexibility index (Phi) is 7.24. The van der Waals surface area contributed by atoms with Crippen LogP contribution in [0.2, 0.25) is 0 Å². The van der Waals surface area contributed by atoms with Crippen LogP contribution >= 0.6 is 15.9 Å². The van der Waals surface area contributed by atoms with Gasteiger partial charge in [-0.25, -0.2) is 0 Å². The summed E-state index contributed by atoms with van der Waals surface area (Å²) >= 11 is 3.43. The van der Waals surface area contributed by atoms with Crippen LogP contribution in [0.3, 0.4) is 0 Å². The molecule has 0 radical (unpaired) electrons. The maximum absolute atomic E-state index is 11.9. The molecule has 0 aliphatic heterocycles. The van der Waals surface area contributed by atoms with Gasteiger partial charge in [-0.1, -0.05) is 41.9 Å². The highest BCUT2D eigenvalue weighted by Gasteiger charge is 2.15. The van der Waals surface area contributed by atoms with Crippen LogP contribution in [0.15, 0.2) is 28.7 Å². The SMILES string of the molecule is CC(C)CNC(=O)C(C)NC(C)Cc1ccc(Br)cc1. The third-order valence-electron chi connectivity index (χ3n) is 3.07. The van der Waals surface area contributed by atoms with E-state index in [4.69, 9.17) is 0 Å². The van der Waals surface area contributed by atoms with E-state index in [1.54, 1.807) is 0 Å². The number of halogens is 1. The molecular weight excluding hydrogens is 316 g/mol. The van der Waals surface area contributed by atoms with Gasteiger partial charge < -0.3 is 10.6 Å². The lowest BCUT2D eigenvalue weighted by molar-refractivity contribution is -0.123. The van der Waals surface area contributed by atoms with Crippen molar-refractivity contribution in [3.63, 3.8) is 0 Å². The Morgan fingerprint density at radius 2 is 1.75 bits per heavy atom. The van der Waals surface area contributed by atoms with Gasteiger partial charge in [-0.2, -0.15) is 0 Å². The van der Waals surface area contributed by atoms with E-state index in [-0.39, 0.29) is 18.0 Å². The van der Waals surface area contributed by atoms with Crippen molar-refractivity contribution in [2.75, 3.05) is 6.54 Å². The molecule has 0 bridgehead atoms. The third kappa shape index (κ3) is 6.53. The Morgan fingerprint density at radius 3 is 2.30 bits per heavy atom. The first-order valence-electron chi connectivity index (χ1n) is 7.16. The molecule has 1 amide bonds. The number of benzene rings is 1. The van der Waals surface area contributed by atoms with Crippen LogP contribution in [-0.2, 0) is 11.2 Å². The minimum Gasteiger partial charge on any atom is -0.354 e. The second-order valence-electron chi connectivity index (χ2n) is 5.76. The summed E-state index contributed by atoms with van der Waals surface area (Å²) in [7, 11) is 0. The lowest BCUT2D eigenvalue weighted by Gasteiger charge is -2.20. The van der Waals surface area contributed by atoms with E-state index in [9.17, 15) is 4.79 Å². The topological polar surface area (TPSA) is 41.1 Å². The Balaban J connectivity index is 2.39. The van der Waals surface area contributed by atoms with Gasteiger partial charge in [0.1, 0.15) is 0 Å². The minimum atomic E-state index is -0.167. The lowest BCUT2D eigenvalue weighted by atomic mass is 10.1. The fraction of sp³-hybridized carbons (Fsp3) is 0.562. The molecule has 2 N–H and O–H groups in total. The van der Waals surface area contributed by atoms with Crippen LogP contribution in [0.5, 0.6) is 0 Å². The second-order valence-corrected chi connectivity index (χ2v) is 6.67. The molecule has 3 nitrogen and oxygen atoms in total. The summed E-state index contributed by atoms with van der Waals surface area (Å²) in [6, 6.07) is 8.38. The molecule has 0 saturated heterocycles. The quantitative estimate of drug-likeness (QED) is 0.800. The van der Waals surface area contributed by atoms with Crippen molar-refractivity contribution in [3.05, 3.63) is 34.3 Å². The molecule has 0 aliphatic rings. The van der Waals surface area contributed by atoms with Gasteiger partial charge in [0.2, 0.25) is 5.91 Å². The second kappa shape index (κ2) is 8.42. The molecule has 0 saturated carbocycles. The Hall–Kier alpha value is -0.870. The molecule has 0 fully saturated rings. The lowest BCUT2D eigenvalue weighted by Crippen LogP contribution is -2.47. The smallest absolute Gasteiger partial charge is 0.236 e. The Bertz CT molecular complexity index is 417. The molecule has 1 aromatic rings. The summed E-state index contributed by atoms with van der Waals surface area (Å²) in [4.78, 5) is 11.9. The van der Waals surface area contributed by atoms with Gasteiger partial charge in [0.15, 0.2) is 0 Å². The zero-order valence-electron chi connectivity index (χ0n) is 12.7. The molecule has 0 aliphatic carbocycles. The van der Waals surface area contributed by atoms with Crippen LogP contribution < -0.4 is 10.6 Å². The van der Waals surface area contributed by atoms with Crippen molar-refractivity contribution < 1.29 is 4.79 Å². The molecule has 20 heavy (non-hydrogen) atoms. The van der Waals surface area contributed by atoms with Gasteiger partial charge in [-0.05, 0) is 43.9 Å². The van der Waals surface area contributed by atoms with Crippen molar-refractivity contribution >= 4 is 21.8 Å². The summed E-state index contributed by atoms with van der Waals surface area (Å²) in [5, 5.41) is 6.29. The zero-order chi connectivity index (χ0) is 15.1. The van der Waals surface area contributed by atoms with E-state index in [1.165, 1.54) is 5.56 Å². The monoisotopic (exact) mass is 340 g/mol. The van der Waals surface area contributed by atoms with Gasteiger partial charge in [-0.15, -0.1) is 0 Å². The Labute approximate surface area is 130 Å². The number of carbonyl (C=O) groups excluding carboxylic acids is 1. The molecule has 2 unspecified atom stereocenters. The number of carbonyl (C=O) groups is 1. The van der Waals surface area contributed by atoms with Crippen LogP contribution in [0.1, 0.15) is 33.3 Å². The molecule has 1 aromatic carbocycles. The van der Waals surface area contributed by atoms with Crippen molar-refractivity contribution in [2.45, 2.75) is 46.2 Å². The number of amides is 1. The normalized spacial score (nSPS) is 14.1. The summed E-state index contributed by atoms with van der Waals surface area (Å²) in [6.07, 6.45) is 0.912. The molecule has 2 atom stereocenters. The van der Waals surface area contributed by atoms with Gasteiger partial charge >= 0.3 is 0 Å². The van der Waals surface area contributed by atoms with E-state index in [2.05, 4.69) is 59.5 Å². The molecular formula is C16H25BrN2O. The Morgan fingerprint density at radius 1 is 1.15 bits per heavy atom. The molecule has 1 rings (SSSR count). The molecule has 0 spiro atoms. The average molecular weight is 341 g/mol. The van der Waals surface area contributed by atoms with E-state index in [1.807, 2.05) is 19.1 Å². The van der Waals surface area contributed by atoms with Crippen LogP contribution in [0.25, 0.3) is 0 Å². The van der Waals surface area contributed by atoms with Gasteiger partial charge in [0, 0.05) is 17.1 Å². The molecule has 112 valence electrons. The van der Waals surface area contributed by atoms with Crippen molar-refractivity contribution in [2.24, 2.45) is 5.92 Å². The van der Waals surface area contributed by atoms with Crippen LogP contribution in [0, 0.1) is 5.92 Å². The summed E-state index contributed by atoms with van der Waals surface area (Å²) < 4.78 is 1.09. The zero-order valence-corrected chi connectivity index (χ0v) is 14.3. The fourth-order valence-electron chi connectivity index (χ4n) is 1.99. The maximum Gasteiger partial charge on any atom is 0.236 e. The highest BCUT2D eigenvalue weighted by molar-refractivity contribution is 9.10. The van der Waals surface area contributed by atoms with Crippen molar-refractivity contribution in [1.82, 2.24) is 10.6 Å².